The standard InChI is InChI=1S/C25H36N4O3S2/c1-6-33-14-28-22(25(3,4)5)24(32)29-13-19(30)11-20(29)23(31)26-12-17-7-9-18(10-8-17)21-16(2)27-15-34-21/h7-10,15,19-20,22,28,30H,6,11-14H2,1-5H3,(H,26,31)/t19-,20+,22-/m1/s1. The first-order valence-electron chi connectivity index (χ1n) is 11.7. The van der Waals surface area contributed by atoms with Crippen molar-refractivity contribution in [2.75, 3.05) is 18.2 Å². The zero-order chi connectivity index (χ0) is 24.9. The van der Waals surface area contributed by atoms with Gasteiger partial charge in [0.05, 0.1) is 28.2 Å². The monoisotopic (exact) mass is 504 g/mol. The van der Waals surface area contributed by atoms with Crippen LogP contribution in [-0.4, -0.2) is 63.2 Å². The number of benzene rings is 1. The molecule has 0 bridgehead atoms. The average Bonchev–Trinajstić information content (AvgIpc) is 3.39. The highest BCUT2D eigenvalue weighted by Crippen LogP contribution is 2.28. The molecule has 1 aliphatic heterocycles. The van der Waals surface area contributed by atoms with Crippen LogP contribution in [0.4, 0.5) is 0 Å². The summed E-state index contributed by atoms with van der Waals surface area (Å²) in [5.74, 6) is 1.25. The smallest absolute Gasteiger partial charge is 0.243 e. The lowest BCUT2D eigenvalue weighted by atomic mass is 9.86. The van der Waals surface area contributed by atoms with Crippen LogP contribution in [0.15, 0.2) is 29.8 Å². The number of rotatable bonds is 9. The van der Waals surface area contributed by atoms with Crippen LogP contribution in [0.1, 0.15) is 45.4 Å². The van der Waals surface area contributed by atoms with E-state index in [2.05, 4.69) is 22.5 Å². The summed E-state index contributed by atoms with van der Waals surface area (Å²) in [6, 6.07) is 6.94. The molecule has 3 rings (SSSR count). The van der Waals surface area contributed by atoms with Gasteiger partial charge in [0.1, 0.15) is 6.04 Å². The summed E-state index contributed by atoms with van der Waals surface area (Å²) >= 11 is 3.32. The summed E-state index contributed by atoms with van der Waals surface area (Å²) < 4.78 is 0. The van der Waals surface area contributed by atoms with Crippen LogP contribution >= 0.6 is 23.1 Å². The van der Waals surface area contributed by atoms with Gasteiger partial charge in [-0.3, -0.25) is 14.9 Å². The van der Waals surface area contributed by atoms with Gasteiger partial charge < -0.3 is 15.3 Å². The van der Waals surface area contributed by atoms with Crippen LogP contribution in [0.2, 0.25) is 0 Å². The molecular formula is C25H36N4O3S2. The molecule has 34 heavy (non-hydrogen) atoms. The van der Waals surface area contributed by atoms with Gasteiger partial charge in [0.15, 0.2) is 0 Å². The maximum Gasteiger partial charge on any atom is 0.243 e. The van der Waals surface area contributed by atoms with Crippen molar-refractivity contribution in [3.05, 3.63) is 41.0 Å². The summed E-state index contributed by atoms with van der Waals surface area (Å²) in [6.45, 7) is 10.6. The van der Waals surface area contributed by atoms with Crippen molar-refractivity contribution in [1.82, 2.24) is 20.5 Å². The van der Waals surface area contributed by atoms with Crippen molar-refractivity contribution < 1.29 is 14.7 Å². The van der Waals surface area contributed by atoms with E-state index in [1.54, 1.807) is 28.0 Å². The summed E-state index contributed by atoms with van der Waals surface area (Å²) in [4.78, 5) is 33.5. The third-order valence-electron chi connectivity index (χ3n) is 6.00. The van der Waals surface area contributed by atoms with E-state index in [-0.39, 0.29) is 30.2 Å². The normalized spacial score (nSPS) is 19.3. The van der Waals surface area contributed by atoms with Crippen molar-refractivity contribution >= 4 is 34.9 Å². The highest BCUT2D eigenvalue weighted by Gasteiger charge is 2.43. The molecule has 2 aromatic rings. The van der Waals surface area contributed by atoms with E-state index in [1.165, 1.54) is 0 Å². The number of β-amino-alcohol motifs (C(OH)–C–C–N with tert-alkyl or cyclic N) is 1. The zero-order valence-electron chi connectivity index (χ0n) is 20.6. The Morgan fingerprint density at radius 2 is 2.00 bits per heavy atom. The molecule has 1 aromatic carbocycles. The van der Waals surface area contributed by atoms with Gasteiger partial charge in [-0.2, -0.15) is 0 Å². The van der Waals surface area contributed by atoms with E-state index in [0.29, 0.717) is 12.4 Å². The molecule has 2 amide bonds. The first kappa shape index (κ1) is 26.7. The SMILES string of the molecule is CCSCN[C@H](C(=O)N1C[C@H](O)C[C@H]1C(=O)NCc1ccc(-c2scnc2C)cc1)C(C)(C)C. The number of likely N-dealkylation sites (tertiary alicyclic amines) is 1. The van der Waals surface area contributed by atoms with Crippen molar-refractivity contribution in [1.29, 1.82) is 0 Å². The van der Waals surface area contributed by atoms with Gasteiger partial charge in [-0.15, -0.1) is 23.1 Å². The summed E-state index contributed by atoms with van der Waals surface area (Å²) in [5.41, 5.74) is 4.60. The fourth-order valence-corrected chi connectivity index (χ4v) is 5.44. The van der Waals surface area contributed by atoms with Gasteiger partial charge in [0.25, 0.3) is 0 Å². The van der Waals surface area contributed by atoms with Gasteiger partial charge in [-0.25, -0.2) is 4.98 Å². The number of aliphatic hydroxyl groups excluding tert-OH is 1. The van der Waals surface area contributed by atoms with Gasteiger partial charge >= 0.3 is 0 Å². The van der Waals surface area contributed by atoms with Gasteiger partial charge in [-0.05, 0) is 29.2 Å². The molecule has 3 N–H and O–H groups in total. The van der Waals surface area contributed by atoms with Crippen LogP contribution in [0.3, 0.4) is 0 Å². The number of nitrogens with one attached hydrogen (secondary N) is 2. The number of carbonyl (C=O) groups excluding carboxylic acids is 2. The molecule has 0 unspecified atom stereocenters. The molecule has 1 fully saturated rings. The predicted octanol–water partition coefficient (Wildman–Crippen LogP) is 3.41. The zero-order valence-corrected chi connectivity index (χ0v) is 22.3. The number of thioether (sulfide) groups is 1. The Labute approximate surface area is 210 Å². The first-order chi connectivity index (χ1) is 16.1. The number of aliphatic hydroxyl groups is 1. The third kappa shape index (κ3) is 6.59. The highest BCUT2D eigenvalue weighted by molar-refractivity contribution is 7.99. The topological polar surface area (TPSA) is 94.6 Å². The minimum atomic E-state index is -0.702. The van der Waals surface area contributed by atoms with E-state index >= 15 is 0 Å². The molecule has 0 radical (unpaired) electrons. The molecule has 0 spiro atoms. The lowest BCUT2D eigenvalue weighted by Crippen LogP contribution is -2.56. The quantitative estimate of drug-likeness (QED) is 0.358. The second kappa shape index (κ2) is 11.7. The maximum atomic E-state index is 13.5. The lowest BCUT2D eigenvalue weighted by Gasteiger charge is -2.35. The first-order valence-corrected chi connectivity index (χ1v) is 13.7. The van der Waals surface area contributed by atoms with Crippen molar-refractivity contribution in [3.8, 4) is 10.4 Å². The van der Waals surface area contributed by atoms with E-state index in [0.717, 1.165) is 27.5 Å². The maximum absolute atomic E-state index is 13.5. The van der Waals surface area contributed by atoms with Crippen LogP contribution in [0, 0.1) is 12.3 Å². The van der Waals surface area contributed by atoms with E-state index in [9.17, 15) is 14.7 Å². The molecule has 7 nitrogen and oxygen atoms in total. The van der Waals surface area contributed by atoms with E-state index in [4.69, 9.17) is 0 Å². The Balaban J connectivity index is 1.64. The van der Waals surface area contributed by atoms with Gasteiger partial charge in [0, 0.05) is 25.4 Å². The average molecular weight is 505 g/mol. The molecule has 9 heteroatoms. The Hall–Kier alpha value is -1.94. The number of aryl methyl sites for hydroxylation is 1. The molecule has 3 atom stereocenters. The Morgan fingerprint density at radius 3 is 2.59 bits per heavy atom. The number of carbonyl (C=O) groups is 2. The molecule has 0 aliphatic carbocycles. The molecular weight excluding hydrogens is 468 g/mol. The lowest BCUT2D eigenvalue weighted by molar-refractivity contribution is -0.142. The highest BCUT2D eigenvalue weighted by atomic mass is 32.2. The number of hydrogen-bond acceptors (Lipinski definition) is 7. The minimum Gasteiger partial charge on any atom is -0.391 e. The van der Waals surface area contributed by atoms with Crippen LogP contribution < -0.4 is 10.6 Å². The summed E-state index contributed by atoms with van der Waals surface area (Å²) in [5, 5.41) is 16.6. The number of hydrogen-bond donors (Lipinski definition) is 3. The third-order valence-corrected chi connectivity index (χ3v) is 7.76. The van der Waals surface area contributed by atoms with Crippen molar-refractivity contribution in [2.24, 2.45) is 5.41 Å². The predicted molar refractivity (Wildman–Crippen MR) is 140 cm³/mol. The van der Waals surface area contributed by atoms with E-state index < -0.39 is 18.2 Å². The minimum absolute atomic E-state index is 0.134. The van der Waals surface area contributed by atoms with Crippen LogP contribution in [0.5, 0.6) is 0 Å². The Kier molecular flexibility index (Phi) is 9.14. The number of amides is 2. The van der Waals surface area contributed by atoms with Crippen LogP contribution in [-0.2, 0) is 16.1 Å². The van der Waals surface area contributed by atoms with Crippen molar-refractivity contribution in [3.63, 3.8) is 0 Å². The molecule has 186 valence electrons. The summed E-state index contributed by atoms with van der Waals surface area (Å²) in [7, 11) is 0. The molecule has 2 heterocycles. The second-order valence-electron chi connectivity index (χ2n) is 9.72. The second-order valence-corrected chi connectivity index (χ2v) is 11.8. The Bertz CT molecular complexity index is 971. The molecule has 0 saturated carbocycles. The fourth-order valence-electron chi connectivity index (χ4n) is 4.14. The number of nitrogens with zero attached hydrogens (tertiary/aromatic N) is 2. The number of thiazole rings is 1. The van der Waals surface area contributed by atoms with Crippen molar-refractivity contribution in [2.45, 2.75) is 65.8 Å². The van der Waals surface area contributed by atoms with Gasteiger partial charge in [-0.1, -0.05) is 52.0 Å². The fraction of sp³-hybridized carbons (Fsp3) is 0.560. The number of aromatic nitrogens is 1. The van der Waals surface area contributed by atoms with Crippen LogP contribution in [0.25, 0.3) is 10.4 Å². The molecule has 1 aromatic heterocycles. The van der Waals surface area contributed by atoms with E-state index in [1.807, 2.05) is 57.5 Å². The molecule has 1 aliphatic rings. The summed E-state index contributed by atoms with van der Waals surface area (Å²) in [6.07, 6.45) is -0.450. The molecule has 1 saturated heterocycles. The largest absolute Gasteiger partial charge is 0.391 e. The van der Waals surface area contributed by atoms with Gasteiger partial charge in [0.2, 0.25) is 11.8 Å². The Morgan fingerprint density at radius 1 is 1.29 bits per heavy atom.